The Morgan fingerprint density at radius 3 is 3.04 bits per heavy atom. The molecule has 5 rings (SSSR count). The highest BCUT2D eigenvalue weighted by atomic mass is 16.3. The monoisotopic (exact) mass is 331 g/mol. The van der Waals surface area contributed by atoms with Gasteiger partial charge >= 0.3 is 0 Å². The lowest BCUT2D eigenvalue weighted by atomic mass is 10.1. The average molecular weight is 331 g/mol. The zero-order chi connectivity index (χ0) is 16.6. The van der Waals surface area contributed by atoms with Crippen LogP contribution in [0.15, 0.2) is 59.5 Å². The second kappa shape index (κ2) is 5.82. The molecule has 124 valence electrons. The summed E-state index contributed by atoms with van der Waals surface area (Å²) in [6, 6.07) is 12.0. The maximum atomic E-state index is 5.39. The van der Waals surface area contributed by atoms with Gasteiger partial charge in [0.1, 0.15) is 0 Å². The highest BCUT2D eigenvalue weighted by molar-refractivity contribution is 5.48. The van der Waals surface area contributed by atoms with Crippen LogP contribution in [0.3, 0.4) is 0 Å². The van der Waals surface area contributed by atoms with Crippen LogP contribution in [0.25, 0.3) is 17.1 Å². The number of nitrogens with zero attached hydrogens (tertiary/aromatic N) is 5. The third-order valence-corrected chi connectivity index (χ3v) is 4.56. The Labute approximate surface area is 144 Å². The molecule has 1 aliphatic heterocycles. The fourth-order valence-electron chi connectivity index (χ4n) is 3.33. The van der Waals surface area contributed by atoms with Gasteiger partial charge < -0.3 is 4.42 Å². The van der Waals surface area contributed by atoms with Crippen molar-refractivity contribution in [2.24, 2.45) is 0 Å². The lowest BCUT2D eigenvalue weighted by molar-refractivity contribution is 0.240. The molecule has 1 aliphatic rings. The third-order valence-electron chi connectivity index (χ3n) is 4.56. The fraction of sp³-hybridized carbons (Fsp3) is 0.211. The molecule has 0 aromatic carbocycles. The molecule has 0 radical (unpaired) electrons. The summed E-state index contributed by atoms with van der Waals surface area (Å²) in [5, 5.41) is 4.64. The minimum Gasteiger partial charge on any atom is -0.461 e. The quantitative estimate of drug-likeness (QED) is 0.578. The molecule has 0 atom stereocenters. The maximum Gasteiger partial charge on any atom is 0.195 e. The van der Waals surface area contributed by atoms with Crippen LogP contribution >= 0.6 is 0 Å². The second-order valence-electron chi connectivity index (χ2n) is 6.31. The van der Waals surface area contributed by atoms with Crippen molar-refractivity contribution in [3.8, 4) is 11.6 Å². The van der Waals surface area contributed by atoms with Gasteiger partial charge in [-0.3, -0.25) is 4.90 Å². The van der Waals surface area contributed by atoms with E-state index in [1.54, 1.807) is 6.26 Å². The summed E-state index contributed by atoms with van der Waals surface area (Å²) in [5.41, 5.74) is 4.52. The number of furan rings is 1. The van der Waals surface area contributed by atoms with Crippen molar-refractivity contribution in [3.63, 3.8) is 0 Å². The van der Waals surface area contributed by atoms with E-state index >= 15 is 0 Å². The van der Waals surface area contributed by atoms with E-state index in [-0.39, 0.29) is 0 Å². The number of pyridine rings is 1. The Bertz CT molecular complexity index is 988. The van der Waals surface area contributed by atoms with Crippen molar-refractivity contribution < 1.29 is 4.42 Å². The molecule has 0 saturated carbocycles. The lowest BCUT2D eigenvalue weighted by Gasteiger charge is -2.27. The topological polar surface area (TPSA) is 59.5 Å². The van der Waals surface area contributed by atoms with Gasteiger partial charge in [-0.25, -0.2) is 14.5 Å². The molecular formula is C19H17N5O. The summed E-state index contributed by atoms with van der Waals surface area (Å²) in [6.07, 6.45) is 6.47. The van der Waals surface area contributed by atoms with Gasteiger partial charge in [0.05, 0.1) is 23.2 Å². The lowest BCUT2D eigenvalue weighted by Crippen LogP contribution is -2.31. The zero-order valence-electron chi connectivity index (χ0n) is 13.7. The van der Waals surface area contributed by atoms with Crippen LogP contribution in [0.2, 0.25) is 0 Å². The third kappa shape index (κ3) is 2.70. The van der Waals surface area contributed by atoms with Gasteiger partial charge in [-0.05, 0) is 30.3 Å². The molecule has 5 heterocycles. The van der Waals surface area contributed by atoms with Gasteiger partial charge in [0.15, 0.2) is 11.6 Å². The molecule has 0 bridgehead atoms. The molecule has 0 amide bonds. The van der Waals surface area contributed by atoms with Gasteiger partial charge in [0, 0.05) is 44.0 Å². The maximum absolute atomic E-state index is 5.39. The van der Waals surface area contributed by atoms with Crippen molar-refractivity contribution in [1.29, 1.82) is 0 Å². The van der Waals surface area contributed by atoms with E-state index in [4.69, 9.17) is 4.42 Å². The Morgan fingerprint density at radius 2 is 2.16 bits per heavy atom. The summed E-state index contributed by atoms with van der Waals surface area (Å²) in [7, 11) is 0. The first-order valence-electron chi connectivity index (χ1n) is 8.39. The van der Waals surface area contributed by atoms with Crippen molar-refractivity contribution in [2.45, 2.75) is 19.5 Å². The van der Waals surface area contributed by atoms with Gasteiger partial charge in [-0.1, -0.05) is 6.07 Å². The average Bonchev–Trinajstić information content (AvgIpc) is 3.30. The van der Waals surface area contributed by atoms with E-state index < -0.39 is 0 Å². The minimum atomic E-state index is 0.664. The number of aromatic nitrogens is 4. The first-order valence-corrected chi connectivity index (χ1v) is 8.39. The van der Waals surface area contributed by atoms with Crippen molar-refractivity contribution in [2.75, 3.05) is 6.54 Å². The van der Waals surface area contributed by atoms with Crippen LogP contribution in [0, 0.1) is 0 Å². The van der Waals surface area contributed by atoms with Crippen LogP contribution in [-0.4, -0.2) is 31.0 Å². The second-order valence-corrected chi connectivity index (χ2v) is 6.31. The number of fused-ring (bicyclic) bond motifs is 2. The van der Waals surface area contributed by atoms with E-state index in [1.165, 1.54) is 5.56 Å². The summed E-state index contributed by atoms with van der Waals surface area (Å²) < 4.78 is 7.32. The van der Waals surface area contributed by atoms with E-state index in [2.05, 4.69) is 32.1 Å². The molecule has 0 N–H and O–H groups in total. The van der Waals surface area contributed by atoms with Gasteiger partial charge in [-0.15, -0.1) is 0 Å². The fourth-order valence-corrected chi connectivity index (χ4v) is 3.33. The van der Waals surface area contributed by atoms with E-state index in [0.717, 1.165) is 48.7 Å². The largest absolute Gasteiger partial charge is 0.461 e. The van der Waals surface area contributed by atoms with Crippen molar-refractivity contribution >= 4 is 5.52 Å². The highest BCUT2D eigenvalue weighted by Gasteiger charge is 2.20. The SMILES string of the molecule is c1coc(-c2ncc3c(n2)CCN(Cc2cc4ccccn4n2)C3)c1. The molecule has 6 nitrogen and oxygen atoms in total. The molecule has 0 aliphatic carbocycles. The Balaban J connectivity index is 1.35. The van der Waals surface area contributed by atoms with Gasteiger partial charge in [-0.2, -0.15) is 5.10 Å². The number of hydrogen-bond acceptors (Lipinski definition) is 5. The summed E-state index contributed by atoms with van der Waals surface area (Å²) in [5.74, 6) is 1.38. The van der Waals surface area contributed by atoms with Crippen molar-refractivity contribution in [3.05, 3.63) is 72.0 Å². The van der Waals surface area contributed by atoms with E-state index in [1.807, 2.05) is 41.2 Å². The Kier molecular flexibility index (Phi) is 3.34. The normalized spacial score (nSPS) is 14.7. The summed E-state index contributed by atoms with van der Waals surface area (Å²) in [6.45, 7) is 2.65. The molecule has 6 heteroatoms. The van der Waals surface area contributed by atoms with Crippen LogP contribution in [0.4, 0.5) is 0 Å². The summed E-state index contributed by atoms with van der Waals surface area (Å²) >= 11 is 0. The Hall–Kier alpha value is -2.99. The van der Waals surface area contributed by atoms with Gasteiger partial charge in [0.25, 0.3) is 0 Å². The number of rotatable bonds is 3. The first-order chi connectivity index (χ1) is 12.3. The minimum absolute atomic E-state index is 0.664. The van der Waals surface area contributed by atoms with Gasteiger partial charge in [0.2, 0.25) is 0 Å². The van der Waals surface area contributed by atoms with Crippen molar-refractivity contribution in [1.82, 2.24) is 24.5 Å². The predicted octanol–water partition coefficient (Wildman–Crippen LogP) is 2.94. The summed E-state index contributed by atoms with van der Waals surface area (Å²) in [4.78, 5) is 11.5. The van der Waals surface area contributed by atoms with Crippen LogP contribution in [-0.2, 0) is 19.5 Å². The molecule has 4 aromatic heterocycles. The van der Waals surface area contributed by atoms with Crippen LogP contribution in [0.1, 0.15) is 17.0 Å². The van der Waals surface area contributed by atoms with Crippen LogP contribution in [0.5, 0.6) is 0 Å². The highest BCUT2D eigenvalue weighted by Crippen LogP contribution is 2.22. The molecule has 0 spiro atoms. The smallest absolute Gasteiger partial charge is 0.195 e. The van der Waals surface area contributed by atoms with E-state index in [9.17, 15) is 0 Å². The predicted molar refractivity (Wildman–Crippen MR) is 92.7 cm³/mol. The zero-order valence-corrected chi connectivity index (χ0v) is 13.7. The van der Waals surface area contributed by atoms with Crippen LogP contribution < -0.4 is 0 Å². The molecule has 4 aromatic rings. The van der Waals surface area contributed by atoms with E-state index in [0.29, 0.717) is 5.82 Å². The molecular weight excluding hydrogens is 314 g/mol. The number of hydrogen-bond donors (Lipinski definition) is 0. The molecule has 25 heavy (non-hydrogen) atoms. The molecule has 0 unspecified atom stereocenters. The molecule has 0 saturated heterocycles. The standard InChI is InChI=1S/C19H17N5O/c1-2-7-24-16(4-1)10-15(22-24)13-23-8-6-17-14(12-23)11-20-19(21-17)18-5-3-9-25-18/h1-5,7,9-11H,6,8,12-13H2. The Morgan fingerprint density at radius 1 is 1.16 bits per heavy atom. The molecule has 0 fully saturated rings. The first kappa shape index (κ1) is 14.4.